The summed E-state index contributed by atoms with van der Waals surface area (Å²) in [7, 11) is -2.36. The van der Waals surface area contributed by atoms with Gasteiger partial charge in [0.25, 0.3) is 5.91 Å². The molecule has 2 aliphatic carbocycles. The number of nitrogens with zero attached hydrogens (tertiary/aromatic N) is 3. The van der Waals surface area contributed by atoms with Crippen molar-refractivity contribution in [1.29, 1.82) is 0 Å². The normalized spacial score (nSPS) is 25.9. The van der Waals surface area contributed by atoms with E-state index >= 15 is 0 Å². The van der Waals surface area contributed by atoms with Gasteiger partial charge in [-0.05, 0) is 88.9 Å². The number of methoxy groups -OCH3 is 1. The first-order valence-electron chi connectivity index (χ1n) is 19.1. The van der Waals surface area contributed by atoms with Crippen molar-refractivity contribution >= 4 is 44.6 Å². The molecular weight excluding hydrogens is 745 g/mol. The Hall–Kier alpha value is -5.19. The third-order valence-corrected chi connectivity index (χ3v) is 12.3. The molecule has 3 N–H and O–H groups in total. The molecule has 1 aromatic carbocycles. The second-order valence-electron chi connectivity index (χ2n) is 15.9. The van der Waals surface area contributed by atoms with Gasteiger partial charge >= 0.3 is 6.09 Å². The summed E-state index contributed by atoms with van der Waals surface area (Å²) < 4.78 is 51.0. The average Bonchev–Trinajstić information content (AvgIpc) is 4.00. The summed E-state index contributed by atoms with van der Waals surface area (Å²) in [6.45, 7) is 5.10. The van der Waals surface area contributed by atoms with Crippen LogP contribution in [0, 0.1) is 5.92 Å². The number of nitrogens with one attached hydrogen (secondary N) is 3. The standard InChI is InChI=1S/C39H48N6O10S/c1-38(2,3)55-37(49)42-29-11-9-7-5-6-8-10-24-21-39(24,36(48)44-56(50,51)27-13-14-27)43-32(46)31-20-26(22-45(31)35(29)47)54-33-28-15-12-25(52-4)18-23(28)19-30(41-33)34-40-16-17-53-34/h8,10,12,15-19,24,26-27,29,31H,5-7,9,11,13-14,20-22H2,1-4H3,(H,42,49)(H,43,46)(H,44,48)/t24-,26?,29+,31+,39-/m1/s1. The number of hydrogen-bond acceptors (Lipinski definition) is 12. The maximum Gasteiger partial charge on any atom is 0.408 e. The minimum atomic E-state index is -3.91. The van der Waals surface area contributed by atoms with Gasteiger partial charge < -0.3 is 34.2 Å². The second kappa shape index (κ2) is 15.4. The number of sulfonamides is 1. The zero-order valence-corrected chi connectivity index (χ0v) is 32.7. The zero-order valence-electron chi connectivity index (χ0n) is 31.9. The molecule has 3 fully saturated rings. The van der Waals surface area contributed by atoms with Gasteiger partial charge in [-0.25, -0.2) is 23.2 Å². The molecule has 5 atom stereocenters. The van der Waals surface area contributed by atoms with Gasteiger partial charge in [-0.3, -0.25) is 19.1 Å². The van der Waals surface area contributed by atoms with E-state index in [0.29, 0.717) is 54.3 Å². The molecule has 2 aromatic heterocycles. The Morgan fingerprint density at radius 2 is 1.89 bits per heavy atom. The van der Waals surface area contributed by atoms with Crippen LogP contribution in [0.3, 0.4) is 0 Å². The number of aromatic nitrogens is 2. The lowest BCUT2D eigenvalue weighted by Gasteiger charge is -2.30. The van der Waals surface area contributed by atoms with Gasteiger partial charge in [-0.15, -0.1) is 0 Å². The topological polar surface area (TPSA) is 208 Å². The number of fused-ring (bicyclic) bond motifs is 3. The molecule has 1 unspecified atom stereocenters. The molecule has 56 heavy (non-hydrogen) atoms. The lowest BCUT2D eigenvalue weighted by atomic mass is 10.0. The van der Waals surface area contributed by atoms with Crippen LogP contribution in [0.2, 0.25) is 0 Å². The van der Waals surface area contributed by atoms with E-state index in [1.165, 1.54) is 17.4 Å². The van der Waals surface area contributed by atoms with E-state index in [4.69, 9.17) is 23.6 Å². The van der Waals surface area contributed by atoms with Crippen LogP contribution in [0.25, 0.3) is 22.4 Å². The molecule has 16 nitrogen and oxygen atoms in total. The molecule has 0 spiro atoms. The van der Waals surface area contributed by atoms with Crippen molar-refractivity contribution in [2.75, 3.05) is 13.7 Å². The van der Waals surface area contributed by atoms with E-state index in [0.717, 1.165) is 12.8 Å². The minimum Gasteiger partial charge on any atom is -0.497 e. The second-order valence-corrected chi connectivity index (χ2v) is 17.9. The number of rotatable bonds is 8. The summed E-state index contributed by atoms with van der Waals surface area (Å²) in [6, 6.07) is 4.96. The zero-order chi connectivity index (χ0) is 39.8. The number of carbonyl (C=O) groups is 4. The van der Waals surface area contributed by atoms with E-state index in [1.807, 2.05) is 18.2 Å². The third kappa shape index (κ3) is 8.61. The molecular formula is C39H48N6O10S. The van der Waals surface area contributed by atoms with Crippen molar-refractivity contribution < 1.29 is 46.2 Å². The fraction of sp³-hybridized carbons (Fsp3) is 0.538. The van der Waals surface area contributed by atoms with Crippen molar-refractivity contribution in [2.45, 2.75) is 113 Å². The van der Waals surface area contributed by atoms with Crippen LogP contribution in [0.15, 0.2) is 53.3 Å². The lowest BCUT2D eigenvalue weighted by Crippen LogP contribution is -2.58. The third-order valence-electron chi connectivity index (χ3n) is 10.5. The van der Waals surface area contributed by atoms with Crippen LogP contribution in [-0.4, -0.2) is 95.3 Å². The van der Waals surface area contributed by atoms with Crippen molar-refractivity contribution in [2.24, 2.45) is 5.92 Å². The molecule has 2 saturated carbocycles. The number of benzene rings is 1. The summed E-state index contributed by atoms with van der Waals surface area (Å²) in [5.74, 6) is -1.37. The highest BCUT2D eigenvalue weighted by Crippen LogP contribution is 2.46. The van der Waals surface area contributed by atoms with E-state index < -0.39 is 74.3 Å². The molecule has 1 saturated heterocycles. The molecule has 4 heterocycles. The van der Waals surface area contributed by atoms with Crippen molar-refractivity contribution in [1.82, 2.24) is 30.2 Å². The number of allylic oxidation sites excluding steroid dienone is 1. The number of ether oxygens (including phenoxy) is 3. The van der Waals surface area contributed by atoms with Crippen LogP contribution >= 0.6 is 0 Å². The average molecular weight is 793 g/mol. The smallest absolute Gasteiger partial charge is 0.408 e. The highest BCUT2D eigenvalue weighted by atomic mass is 32.2. The summed E-state index contributed by atoms with van der Waals surface area (Å²) in [4.78, 5) is 66.2. The van der Waals surface area contributed by atoms with Crippen molar-refractivity contribution in [3.63, 3.8) is 0 Å². The van der Waals surface area contributed by atoms with Crippen LogP contribution in [-0.2, 0) is 29.1 Å². The molecule has 0 bridgehead atoms. The number of alkyl carbamates (subject to hydrolysis) is 1. The Kier molecular flexibility index (Phi) is 10.7. The monoisotopic (exact) mass is 792 g/mol. The van der Waals surface area contributed by atoms with Crippen LogP contribution < -0.4 is 24.8 Å². The number of pyridine rings is 1. The molecule has 17 heteroatoms. The number of hydrogen-bond donors (Lipinski definition) is 3. The fourth-order valence-corrected chi connectivity index (χ4v) is 8.70. The van der Waals surface area contributed by atoms with Gasteiger partial charge in [0.2, 0.25) is 33.6 Å². The minimum absolute atomic E-state index is 0.00212. The number of amides is 4. The lowest BCUT2D eigenvalue weighted by molar-refractivity contribution is -0.141. The van der Waals surface area contributed by atoms with Gasteiger partial charge in [-0.1, -0.05) is 25.0 Å². The number of carbonyl (C=O) groups excluding carboxylic acids is 4. The summed E-state index contributed by atoms with van der Waals surface area (Å²) in [6.07, 6.45) is 9.38. The van der Waals surface area contributed by atoms with Crippen LogP contribution in [0.5, 0.6) is 11.6 Å². The molecule has 4 amide bonds. The quantitative estimate of drug-likeness (QED) is 0.275. The van der Waals surface area contributed by atoms with Gasteiger partial charge in [-0.2, -0.15) is 0 Å². The Bertz CT molecular complexity index is 2130. The van der Waals surface area contributed by atoms with E-state index in [1.54, 1.807) is 46.1 Å². The highest BCUT2D eigenvalue weighted by Gasteiger charge is 2.62. The SMILES string of the molecule is COc1ccc2c(OC3C[C@H]4C(=O)N[C@]5(C(=O)NS(=O)(=O)C6CC6)C[C@H]5C=CCCCCC[C@H](NC(=O)OC(C)(C)C)C(=O)N4C3)nc(-c3ncco3)cc2c1. The summed E-state index contributed by atoms with van der Waals surface area (Å²) >= 11 is 0. The van der Waals surface area contributed by atoms with Gasteiger partial charge in [0.05, 0.1) is 25.1 Å². The summed E-state index contributed by atoms with van der Waals surface area (Å²) in [5.41, 5.74) is -1.97. The van der Waals surface area contributed by atoms with Crippen molar-refractivity contribution in [3.8, 4) is 23.2 Å². The Balaban J connectivity index is 1.22. The maximum atomic E-state index is 14.6. The summed E-state index contributed by atoms with van der Waals surface area (Å²) in [5, 5.41) is 6.32. The molecule has 4 aliphatic rings. The van der Waals surface area contributed by atoms with Crippen LogP contribution in [0.4, 0.5) is 4.79 Å². The Labute approximate surface area is 325 Å². The van der Waals surface area contributed by atoms with Crippen LogP contribution in [0.1, 0.15) is 78.6 Å². The van der Waals surface area contributed by atoms with Gasteiger partial charge in [0.15, 0.2) is 0 Å². The maximum absolute atomic E-state index is 14.6. The molecule has 0 radical (unpaired) electrons. The molecule has 3 aromatic rings. The Morgan fingerprint density at radius 3 is 2.61 bits per heavy atom. The van der Waals surface area contributed by atoms with Crippen molar-refractivity contribution in [3.05, 3.63) is 48.9 Å². The predicted molar refractivity (Wildman–Crippen MR) is 203 cm³/mol. The van der Waals surface area contributed by atoms with E-state index in [-0.39, 0.29) is 31.2 Å². The number of oxazole rings is 1. The first-order valence-corrected chi connectivity index (χ1v) is 20.6. The predicted octanol–water partition coefficient (Wildman–Crippen LogP) is 4.14. The van der Waals surface area contributed by atoms with E-state index in [9.17, 15) is 27.6 Å². The highest BCUT2D eigenvalue weighted by molar-refractivity contribution is 7.91. The van der Waals surface area contributed by atoms with Gasteiger partial charge in [0, 0.05) is 17.7 Å². The molecule has 7 rings (SSSR count). The Morgan fingerprint density at radius 1 is 1.09 bits per heavy atom. The van der Waals surface area contributed by atoms with E-state index in [2.05, 4.69) is 20.3 Å². The molecule has 300 valence electrons. The van der Waals surface area contributed by atoms with Gasteiger partial charge in [0.1, 0.15) is 47.0 Å². The molecule has 2 aliphatic heterocycles. The first kappa shape index (κ1) is 39.1. The first-order chi connectivity index (χ1) is 26.7. The largest absolute Gasteiger partial charge is 0.497 e. The fourth-order valence-electron chi connectivity index (χ4n) is 7.34.